The zero-order chi connectivity index (χ0) is 26.5. The first kappa shape index (κ1) is 26.1. The summed E-state index contributed by atoms with van der Waals surface area (Å²) in [6.45, 7) is 12.0. The van der Waals surface area contributed by atoms with Gasteiger partial charge in [0.15, 0.2) is 5.82 Å². The van der Waals surface area contributed by atoms with Crippen molar-refractivity contribution in [3.63, 3.8) is 0 Å². The van der Waals surface area contributed by atoms with Crippen molar-refractivity contribution in [3.8, 4) is 0 Å². The van der Waals surface area contributed by atoms with E-state index in [4.69, 9.17) is 4.74 Å². The zero-order valence-electron chi connectivity index (χ0n) is 22.4. The molecule has 7 nitrogen and oxygen atoms in total. The lowest BCUT2D eigenvalue weighted by molar-refractivity contribution is 0.0526. The number of hydrogen-bond acceptors (Lipinski definition) is 8. The van der Waals surface area contributed by atoms with Crippen LogP contribution in [-0.4, -0.2) is 60.2 Å². The molecule has 0 unspecified atom stereocenters. The molecule has 4 aromatic rings. The van der Waals surface area contributed by atoms with E-state index in [2.05, 4.69) is 68.6 Å². The number of likely N-dealkylation sites (N-methyl/N-ethyl adjacent to an activating group) is 1. The highest BCUT2D eigenvalue weighted by atomic mass is 32.1. The van der Waals surface area contributed by atoms with Crippen LogP contribution in [0.1, 0.15) is 40.9 Å². The van der Waals surface area contributed by atoms with Gasteiger partial charge < -0.3 is 19.9 Å². The van der Waals surface area contributed by atoms with E-state index >= 15 is 0 Å². The van der Waals surface area contributed by atoms with Crippen molar-refractivity contribution in [2.45, 2.75) is 33.6 Å². The standard InChI is InChI=1S/C30H35N5O2S/c1-4-34-14-16-35(17-15-34)26-12-10-25(11-13-26)33-29-28-27(31-20-32-29)24(19-38-28)9-8-22-18-23(7-6-21(22)3)30(36)37-5-2/h6-7,10-13,18-20H,4-5,8-9,14-17H2,1-3H3,(H,31,32,33). The first-order chi connectivity index (χ1) is 18.6. The van der Waals surface area contributed by atoms with Crippen LogP contribution in [0.15, 0.2) is 54.2 Å². The highest BCUT2D eigenvalue weighted by molar-refractivity contribution is 7.18. The van der Waals surface area contributed by atoms with Gasteiger partial charge >= 0.3 is 5.97 Å². The quantitative estimate of drug-likeness (QED) is 0.273. The molecule has 0 radical (unpaired) electrons. The van der Waals surface area contributed by atoms with Crippen molar-refractivity contribution in [2.75, 3.05) is 49.5 Å². The van der Waals surface area contributed by atoms with Crippen LogP contribution in [0.4, 0.5) is 17.2 Å². The smallest absolute Gasteiger partial charge is 0.338 e. The monoisotopic (exact) mass is 529 g/mol. The van der Waals surface area contributed by atoms with Gasteiger partial charge in [0.05, 0.1) is 22.4 Å². The Kier molecular flexibility index (Phi) is 8.20. The molecular formula is C30H35N5O2S. The van der Waals surface area contributed by atoms with Crippen LogP contribution in [0.25, 0.3) is 10.2 Å². The lowest BCUT2D eigenvalue weighted by Crippen LogP contribution is -2.46. The summed E-state index contributed by atoms with van der Waals surface area (Å²) in [5, 5.41) is 5.68. The van der Waals surface area contributed by atoms with Crippen molar-refractivity contribution in [1.82, 2.24) is 14.9 Å². The lowest BCUT2D eigenvalue weighted by atomic mass is 9.99. The molecule has 0 atom stereocenters. The summed E-state index contributed by atoms with van der Waals surface area (Å²) in [5.41, 5.74) is 7.38. The number of nitrogens with one attached hydrogen (secondary N) is 1. The predicted octanol–water partition coefficient (Wildman–Crippen LogP) is 5.85. The van der Waals surface area contributed by atoms with Gasteiger partial charge in [-0.1, -0.05) is 13.0 Å². The van der Waals surface area contributed by atoms with Crippen molar-refractivity contribution in [3.05, 3.63) is 76.4 Å². The molecule has 0 spiro atoms. The fraction of sp³-hybridized carbons (Fsp3) is 0.367. The van der Waals surface area contributed by atoms with Gasteiger partial charge in [-0.25, -0.2) is 14.8 Å². The number of hydrogen-bond donors (Lipinski definition) is 1. The Bertz CT molecular complexity index is 1390. The first-order valence-electron chi connectivity index (χ1n) is 13.4. The summed E-state index contributed by atoms with van der Waals surface area (Å²) < 4.78 is 6.23. The number of anilines is 3. The molecule has 8 heteroatoms. The van der Waals surface area contributed by atoms with Crippen molar-refractivity contribution < 1.29 is 9.53 Å². The molecular weight excluding hydrogens is 494 g/mol. The van der Waals surface area contributed by atoms with E-state index in [0.29, 0.717) is 12.2 Å². The highest BCUT2D eigenvalue weighted by Crippen LogP contribution is 2.32. The van der Waals surface area contributed by atoms with E-state index in [0.717, 1.165) is 72.9 Å². The molecule has 0 bridgehead atoms. The number of rotatable bonds is 9. The van der Waals surface area contributed by atoms with Crippen LogP contribution in [-0.2, 0) is 17.6 Å². The highest BCUT2D eigenvalue weighted by Gasteiger charge is 2.16. The molecule has 0 aliphatic carbocycles. The number of aryl methyl sites for hydroxylation is 3. The largest absolute Gasteiger partial charge is 0.462 e. The normalized spacial score (nSPS) is 14.1. The third kappa shape index (κ3) is 5.81. The number of aromatic nitrogens is 2. The number of esters is 1. The minimum absolute atomic E-state index is 0.273. The Hall–Kier alpha value is -3.49. The van der Waals surface area contributed by atoms with E-state index in [9.17, 15) is 4.79 Å². The fourth-order valence-corrected chi connectivity index (χ4v) is 5.93. The minimum atomic E-state index is -0.273. The van der Waals surface area contributed by atoms with Gasteiger partial charge in [0.2, 0.25) is 0 Å². The Morgan fingerprint density at radius 2 is 1.76 bits per heavy atom. The van der Waals surface area contributed by atoms with Crippen LogP contribution in [0.2, 0.25) is 0 Å². The van der Waals surface area contributed by atoms with Gasteiger partial charge in [-0.15, -0.1) is 11.3 Å². The average Bonchev–Trinajstić information content (AvgIpc) is 3.37. The van der Waals surface area contributed by atoms with Crippen LogP contribution < -0.4 is 10.2 Å². The minimum Gasteiger partial charge on any atom is -0.462 e. The predicted molar refractivity (Wildman–Crippen MR) is 156 cm³/mol. The Labute approximate surface area is 228 Å². The fourth-order valence-electron chi connectivity index (χ4n) is 4.93. The lowest BCUT2D eigenvalue weighted by Gasteiger charge is -2.35. The molecule has 1 aliphatic heterocycles. The van der Waals surface area contributed by atoms with Gasteiger partial charge in [0.1, 0.15) is 6.33 Å². The number of benzene rings is 2. The molecule has 0 amide bonds. The van der Waals surface area contributed by atoms with Gasteiger partial charge in [0.25, 0.3) is 0 Å². The van der Waals surface area contributed by atoms with Crippen LogP contribution in [0, 0.1) is 6.92 Å². The number of carbonyl (C=O) groups excluding carboxylic acids is 1. The summed E-state index contributed by atoms with van der Waals surface area (Å²) in [5.74, 6) is 0.557. The van der Waals surface area contributed by atoms with Gasteiger partial charge in [0, 0.05) is 37.6 Å². The topological polar surface area (TPSA) is 70.6 Å². The molecule has 38 heavy (non-hydrogen) atoms. The molecule has 2 aromatic heterocycles. The molecule has 2 aromatic carbocycles. The third-order valence-electron chi connectivity index (χ3n) is 7.27. The van der Waals surface area contributed by atoms with Gasteiger partial charge in [-0.2, -0.15) is 0 Å². The number of piperazine rings is 1. The van der Waals surface area contributed by atoms with E-state index < -0.39 is 0 Å². The summed E-state index contributed by atoms with van der Waals surface area (Å²) >= 11 is 1.67. The summed E-state index contributed by atoms with van der Waals surface area (Å²) in [7, 11) is 0. The summed E-state index contributed by atoms with van der Waals surface area (Å²) in [6.07, 6.45) is 3.30. The molecule has 0 saturated carbocycles. The molecule has 3 heterocycles. The second-order valence-electron chi connectivity index (χ2n) is 9.62. The second kappa shape index (κ2) is 11.9. The van der Waals surface area contributed by atoms with E-state index in [1.165, 1.54) is 16.8 Å². The Balaban J connectivity index is 1.27. The summed E-state index contributed by atoms with van der Waals surface area (Å²) in [6, 6.07) is 14.4. The molecule has 1 saturated heterocycles. The molecule has 1 N–H and O–H groups in total. The molecule has 198 valence electrons. The van der Waals surface area contributed by atoms with Crippen molar-refractivity contribution in [1.29, 1.82) is 0 Å². The maximum Gasteiger partial charge on any atom is 0.338 e. The second-order valence-corrected chi connectivity index (χ2v) is 10.5. The summed E-state index contributed by atoms with van der Waals surface area (Å²) in [4.78, 5) is 26.3. The number of fused-ring (bicyclic) bond motifs is 1. The van der Waals surface area contributed by atoms with E-state index in [1.807, 2.05) is 25.1 Å². The van der Waals surface area contributed by atoms with E-state index in [1.54, 1.807) is 17.7 Å². The van der Waals surface area contributed by atoms with E-state index in [-0.39, 0.29) is 5.97 Å². The first-order valence-corrected chi connectivity index (χ1v) is 14.3. The molecule has 1 fully saturated rings. The maximum absolute atomic E-state index is 12.2. The van der Waals surface area contributed by atoms with Gasteiger partial charge in [-0.05, 0) is 91.7 Å². The number of nitrogens with zero attached hydrogens (tertiary/aromatic N) is 4. The van der Waals surface area contributed by atoms with Crippen LogP contribution in [0.3, 0.4) is 0 Å². The third-order valence-corrected chi connectivity index (χ3v) is 8.29. The van der Waals surface area contributed by atoms with Crippen LogP contribution >= 0.6 is 11.3 Å². The Morgan fingerprint density at radius 3 is 2.50 bits per heavy atom. The Morgan fingerprint density at radius 1 is 1.00 bits per heavy atom. The van der Waals surface area contributed by atoms with Gasteiger partial charge in [-0.3, -0.25) is 0 Å². The zero-order valence-corrected chi connectivity index (χ0v) is 23.2. The van der Waals surface area contributed by atoms with Crippen LogP contribution in [0.5, 0.6) is 0 Å². The number of thiophene rings is 1. The molecule has 5 rings (SSSR count). The average molecular weight is 530 g/mol. The SMILES string of the molecule is CCOC(=O)c1ccc(C)c(CCc2csc3c(Nc4ccc(N5CCN(CC)CC5)cc4)ncnc23)c1. The van der Waals surface area contributed by atoms with Crippen molar-refractivity contribution in [2.24, 2.45) is 0 Å². The van der Waals surface area contributed by atoms with Crippen molar-refractivity contribution >= 4 is 44.7 Å². The maximum atomic E-state index is 12.2. The number of ether oxygens (including phenoxy) is 1. The molecule has 1 aliphatic rings. The number of carbonyl (C=O) groups is 1.